The number of ether oxygens (including phenoxy) is 2. The number of hydrogen-bond donors (Lipinski definition) is 1. The maximum atomic E-state index is 12.0. The molecule has 0 amide bonds. The Hall–Kier alpha value is -2.89. The Kier molecular flexibility index (Phi) is 4.00. The molecule has 0 radical (unpaired) electrons. The first-order chi connectivity index (χ1) is 10.8. The van der Waals surface area contributed by atoms with Gasteiger partial charge in [0.15, 0.2) is 0 Å². The number of H-pyrrole nitrogens is 1. The van der Waals surface area contributed by atoms with Crippen LogP contribution in [0.3, 0.4) is 0 Å². The quantitative estimate of drug-likeness (QED) is 0.733. The largest absolute Gasteiger partial charge is 0.494 e. The minimum atomic E-state index is -0.372. The van der Waals surface area contributed by atoms with Gasteiger partial charge in [0, 0.05) is 0 Å². The number of fused-ring (bicyclic) bond motifs is 1. The number of carbonyl (C=O) groups is 1. The van der Waals surface area contributed by atoms with Crippen molar-refractivity contribution in [3.63, 3.8) is 0 Å². The summed E-state index contributed by atoms with van der Waals surface area (Å²) in [5, 5.41) is 10.5. The van der Waals surface area contributed by atoms with Crippen molar-refractivity contribution in [3.8, 4) is 5.75 Å². The molecule has 0 bridgehead atoms. The lowest BCUT2D eigenvalue weighted by atomic mass is 10.2. The molecular formula is C16H15N3O3. The van der Waals surface area contributed by atoms with Crippen LogP contribution < -0.4 is 4.74 Å². The van der Waals surface area contributed by atoms with E-state index in [4.69, 9.17) is 9.47 Å². The fraction of sp³-hybridized carbons (Fsp3) is 0.188. The van der Waals surface area contributed by atoms with Crippen molar-refractivity contribution >= 4 is 17.0 Å². The number of nitrogens with one attached hydrogen (secondary N) is 1. The van der Waals surface area contributed by atoms with Crippen LogP contribution in [0.5, 0.6) is 5.75 Å². The number of rotatable bonds is 5. The highest BCUT2D eigenvalue weighted by molar-refractivity contribution is 5.89. The molecule has 0 saturated carbocycles. The van der Waals surface area contributed by atoms with E-state index >= 15 is 0 Å². The molecule has 0 aliphatic carbocycles. The summed E-state index contributed by atoms with van der Waals surface area (Å²) in [4.78, 5) is 12.0. The van der Waals surface area contributed by atoms with E-state index in [1.54, 1.807) is 24.3 Å². The van der Waals surface area contributed by atoms with Crippen molar-refractivity contribution in [2.45, 2.75) is 13.5 Å². The molecule has 112 valence electrons. The molecule has 0 unspecified atom stereocenters. The van der Waals surface area contributed by atoms with Gasteiger partial charge in [-0.25, -0.2) is 4.79 Å². The highest BCUT2D eigenvalue weighted by Gasteiger charge is 2.08. The van der Waals surface area contributed by atoms with E-state index in [-0.39, 0.29) is 12.6 Å². The second-order valence-corrected chi connectivity index (χ2v) is 4.68. The van der Waals surface area contributed by atoms with E-state index in [1.807, 2.05) is 25.1 Å². The molecule has 0 atom stereocenters. The van der Waals surface area contributed by atoms with E-state index in [0.717, 1.165) is 22.3 Å². The molecule has 6 heteroatoms. The first-order valence-electron chi connectivity index (χ1n) is 6.95. The Morgan fingerprint density at radius 3 is 2.64 bits per heavy atom. The van der Waals surface area contributed by atoms with Crippen molar-refractivity contribution in [1.82, 2.24) is 15.4 Å². The van der Waals surface area contributed by atoms with Crippen LogP contribution in [0.4, 0.5) is 0 Å². The normalized spacial score (nSPS) is 10.6. The standard InChI is InChI=1S/C16H15N3O3/c1-2-21-13-6-4-12(5-7-13)16(20)22-10-11-3-8-14-15(9-11)18-19-17-14/h3-9H,2,10H2,1H3,(H,17,18,19). The van der Waals surface area contributed by atoms with Crippen LogP contribution in [0.1, 0.15) is 22.8 Å². The van der Waals surface area contributed by atoms with Crippen LogP contribution in [0.2, 0.25) is 0 Å². The average Bonchev–Trinajstić information content (AvgIpc) is 3.01. The Labute approximate surface area is 127 Å². The van der Waals surface area contributed by atoms with E-state index < -0.39 is 0 Å². The molecule has 0 spiro atoms. The summed E-state index contributed by atoms with van der Waals surface area (Å²) in [5.74, 6) is 0.360. The third kappa shape index (κ3) is 3.06. The number of aromatic amines is 1. The summed E-state index contributed by atoms with van der Waals surface area (Å²) in [7, 11) is 0. The summed E-state index contributed by atoms with van der Waals surface area (Å²) >= 11 is 0. The molecule has 0 saturated heterocycles. The number of carbonyl (C=O) groups excluding carboxylic acids is 1. The first kappa shape index (κ1) is 14.1. The van der Waals surface area contributed by atoms with Gasteiger partial charge in [-0.3, -0.25) is 0 Å². The summed E-state index contributed by atoms with van der Waals surface area (Å²) in [5.41, 5.74) is 2.88. The molecule has 3 rings (SSSR count). The van der Waals surface area contributed by atoms with Crippen LogP contribution in [0, 0.1) is 0 Å². The third-order valence-corrected chi connectivity index (χ3v) is 3.15. The van der Waals surface area contributed by atoms with Crippen LogP contribution >= 0.6 is 0 Å². The van der Waals surface area contributed by atoms with Gasteiger partial charge in [0.05, 0.1) is 12.2 Å². The van der Waals surface area contributed by atoms with Crippen molar-refractivity contribution < 1.29 is 14.3 Å². The Morgan fingerprint density at radius 1 is 1.09 bits per heavy atom. The molecule has 1 N–H and O–H groups in total. The molecule has 2 aromatic carbocycles. The van der Waals surface area contributed by atoms with Crippen LogP contribution in [0.15, 0.2) is 42.5 Å². The molecule has 6 nitrogen and oxygen atoms in total. The van der Waals surface area contributed by atoms with Gasteiger partial charge in [0.2, 0.25) is 0 Å². The average molecular weight is 297 g/mol. The predicted molar refractivity (Wildman–Crippen MR) is 80.6 cm³/mol. The zero-order chi connectivity index (χ0) is 15.4. The van der Waals surface area contributed by atoms with Gasteiger partial charge < -0.3 is 9.47 Å². The zero-order valence-electron chi connectivity index (χ0n) is 12.1. The third-order valence-electron chi connectivity index (χ3n) is 3.15. The number of benzene rings is 2. The maximum Gasteiger partial charge on any atom is 0.338 e. The highest BCUT2D eigenvalue weighted by atomic mass is 16.5. The number of hydrogen-bond acceptors (Lipinski definition) is 5. The van der Waals surface area contributed by atoms with E-state index in [0.29, 0.717) is 12.2 Å². The molecule has 22 heavy (non-hydrogen) atoms. The van der Waals surface area contributed by atoms with Gasteiger partial charge in [-0.05, 0) is 48.9 Å². The van der Waals surface area contributed by atoms with E-state index in [9.17, 15) is 4.79 Å². The minimum Gasteiger partial charge on any atom is -0.494 e. The Balaban J connectivity index is 1.63. The van der Waals surface area contributed by atoms with Gasteiger partial charge >= 0.3 is 5.97 Å². The van der Waals surface area contributed by atoms with Gasteiger partial charge in [-0.15, -0.1) is 0 Å². The van der Waals surface area contributed by atoms with Gasteiger partial charge in [0.25, 0.3) is 0 Å². The summed E-state index contributed by atoms with van der Waals surface area (Å²) < 4.78 is 10.6. The summed E-state index contributed by atoms with van der Waals surface area (Å²) in [6.45, 7) is 2.69. The molecule has 3 aromatic rings. The molecule has 1 aromatic heterocycles. The van der Waals surface area contributed by atoms with E-state index in [1.165, 1.54) is 0 Å². The van der Waals surface area contributed by atoms with Crippen LogP contribution in [-0.2, 0) is 11.3 Å². The van der Waals surface area contributed by atoms with Gasteiger partial charge in [-0.1, -0.05) is 6.07 Å². The lowest BCUT2D eigenvalue weighted by molar-refractivity contribution is 0.0473. The first-order valence-corrected chi connectivity index (χ1v) is 6.95. The summed E-state index contributed by atoms with van der Waals surface area (Å²) in [6.07, 6.45) is 0. The van der Waals surface area contributed by atoms with Crippen molar-refractivity contribution in [2.75, 3.05) is 6.61 Å². The SMILES string of the molecule is CCOc1ccc(C(=O)OCc2ccc3n[nH]nc3c2)cc1. The molecule has 1 heterocycles. The van der Waals surface area contributed by atoms with E-state index in [2.05, 4.69) is 15.4 Å². The van der Waals surface area contributed by atoms with Crippen molar-refractivity contribution in [3.05, 3.63) is 53.6 Å². The molecule has 0 fully saturated rings. The fourth-order valence-corrected chi connectivity index (χ4v) is 2.06. The number of nitrogens with zero attached hydrogens (tertiary/aromatic N) is 2. The predicted octanol–water partition coefficient (Wildman–Crippen LogP) is 2.71. The highest BCUT2D eigenvalue weighted by Crippen LogP contribution is 2.15. The number of esters is 1. The molecular weight excluding hydrogens is 282 g/mol. The fourth-order valence-electron chi connectivity index (χ4n) is 2.06. The minimum absolute atomic E-state index is 0.189. The Bertz CT molecular complexity index is 781. The van der Waals surface area contributed by atoms with Crippen LogP contribution in [0.25, 0.3) is 11.0 Å². The maximum absolute atomic E-state index is 12.0. The molecule has 0 aliphatic rings. The Morgan fingerprint density at radius 2 is 1.86 bits per heavy atom. The monoisotopic (exact) mass is 297 g/mol. The smallest absolute Gasteiger partial charge is 0.338 e. The molecule has 0 aliphatic heterocycles. The topological polar surface area (TPSA) is 77.1 Å². The lowest BCUT2D eigenvalue weighted by Crippen LogP contribution is -2.05. The van der Waals surface area contributed by atoms with Gasteiger partial charge in [0.1, 0.15) is 23.4 Å². The zero-order valence-corrected chi connectivity index (χ0v) is 12.1. The van der Waals surface area contributed by atoms with Gasteiger partial charge in [-0.2, -0.15) is 15.4 Å². The second-order valence-electron chi connectivity index (χ2n) is 4.68. The summed E-state index contributed by atoms with van der Waals surface area (Å²) in [6, 6.07) is 12.4. The van der Waals surface area contributed by atoms with Crippen molar-refractivity contribution in [2.24, 2.45) is 0 Å². The second kappa shape index (κ2) is 6.26. The van der Waals surface area contributed by atoms with Crippen molar-refractivity contribution in [1.29, 1.82) is 0 Å². The number of aromatic nitrogens is 3. The lowest BCUT2D eigenvalue weighted by Gasteiger charge is -2.06. The van der Waals surface area contributed by atoms with Crippen LogP contribution in [-0.4, -0.2) is 28.0 Å².